The van der Waals surface area contributed by atoms with E-state index < -0.39 is 5.97 Å². The standard InChI is InChI=1S/C10H12O4.C2H6.2CH4/c11-10(12)8-13-6-7-14-9-4-2-1-3-5-9;1-2;;/h1-5H,6-8H2,(H,11,12);1-2H3;2*1H4. The summed E-state index contributed by atoms with van der Waals surface area (Å²) in [4.78, 5) is 10.1. The van der Waals surface area contributed by atoms with Crippen molar-refractivity contribution in [2.24, 2.45) is 0 Å². The van der Waals surface area contributed by atoms with Gasteiger partial charge in [0.1, 0.15) is 19.0 Å². The fourth-order valence-corrected chi connectivity index (χ4v) is 0.895. The third-order valence-electron chi connectivity index (χ3n) is 1.47. The lowest BCUT2D eigenvalue weighted by molar-refractivity contribution is -0.142. The van der Waals surface area contributed by atoms with E-state index in [-0.39, 0.29) is 28.1 Å². The van der Waals surface area contributed by atoms with Crippen molar-refractivity contribution in [2.45, 2.75) is 28.7 Å². The molecular formula is C14H26O4. The minimum absolute atomic E-state index is 0. The predicted molar refractivity (Wildman–Crippen MR) is 75.2 cm³/mol. The Balaban J connectivity index is -0.000000534. The summed E-state index contributed by atoms with van der Waals surface area (Å²) in [6.45, 7) is 4.36. The molecule has 0 aliphatic carbocycles. The van der Waals surface area contributed by atoms with Gasteiger partial charge in [-0.1, -0.05) is 46.9 Å². The lowest BCUT2D eigenvalue weighted by atomic mass is 10.3. The number of rotatable bonds is 6. The summed E-state index contributed by atoms with van der Waals surface area (Å²) in [5.74, 6) is -0.212. The Labute approximate surface area is 111 Å². The Morgan fingerprint density at radius 3 is 2.17 bits per heavy atom. The van der Waals surface area contributed by atoms with Crippen molar-refractivity contribution in [1.82, 2.24) is 0 Å². The van der Waals surface area contributed by atoms with E-state index >= 15 is 0 Å². The average Bonchev–Trinajstić information content (AvgIpc) is 2.32. The van der Waals surface area contributed by atoms with Gasteiger partial charge < -0.3 is 14.6 Å². The van der Waals surface area contributed by atoms with Crippen LogP contribution in [-0.2, 0) is 9.53 Å². The average molecular weight is 258 g/mol. The van der Waals surface area contributed by atoms with Crippen molar-refractivity contribution in [1.29, 1.82) is 0 Å². The van der Waals surface area contributed by atoms with Gasteiger partial charge in [-0.05, 0) is 12.1 Å². The van der Waals surface area contributed by atoms with Crippen LogP contribution in [0.4, 0.5) is 0 Å². The molecule has 1 aromatic carbocycles. The number of hydrogen-bond donors (Lipinski definition) is 1. The van der Waals surface area contributed by atoms with E-state index in [4.69, 9.17) is 14.6 Å². The van der Waals surface area contributed by atoms with Gasteiger partial charge in [0.15, 0.2) is 0 Å². The number of carboxylic acids is 1. The second kappa shape index (κ2) is 15.4. The molecule has 1 rings (SSSR count). The zero-order valence-corrected chi connectivity index (χ0v) is 9.68. The van der Waals surface area contributed by atoms with Gasteiger partial charge in [0.2, 0.25) is 0 Å². The van der Waals surface area contributed by atoms with Crippen LogP contribution < -0.4 is 4.74 Å². The molecule has 0 spiro atoms. The summed E-state index contributed by atoms with van der Waals surface area (Å²) in [7, 11) is 0. The van der Waals surface area contributed by atoms with Gasteiger partial charge in [-0.15, -0.1) is 0 Å². The van der Waals surface area contributed by atoms with Crippen molar-refractivity contribution in [2.75, 3.05) is 19.8 Å². The molecule has 1 N–H and O–H groups in total. The highest BCUT2D eigenvalue weighted by atomic mass is 16.5. The van der Waals surface area contributed by atoms with Crippen LogP contribution in [-0.4, -0.2) is 30.9 Å². The molecule has 0 saturated carbocycles. The van der Waals surface area contributed by atoms with Crippen LogP contribution in [0.15, 0.2) is 30.3 Å². The number of aliphatic carboxylic acids is 1. The van der Waals surface area contributed by atoms with Gasteiger partial charge >= 0.3 is 5.97 Å². The zero-order valence-electron chi connectivity index (χ0n) is 9.68. The highest BCUT2D eigenvalue weighted by Gasteiger charge is 1.96. The van der Waals surface area contributed by atoms with E-state index in [1.165, 1.54) is 0 Å². The molecule has 4 heteroatoms. The summed E-state index contributed by atoms with van der Waals surface area (Å²) in [6.07, 6.45) is 0. The van der Waals surface area contributed by atoms with E-state index in [0.29, 0.717) is 6.61 Å². The van der Waals surface area contributed by atoms with Crippen LogP contribution in [0.5, 0.6) is 5.75 Å². The monoisotopic (exact) mass is 258 g/mol. The number of para-hydroxylation sites is 1. The van der Waals surface area contributed by atoms with Gasteiger partial charge in [0.05, 0.1) is 6.61 Å². The van der Waals surface area contributed by atoms with Crippen LogP contribution in [0, 0.1) is 0 Å². The first-order valence-corrected chi connectivity index (χ1v) is 5.26. The Bertz CT molecular complexity index is 272. The second-order valence-electron chi connectivity index (χ2n) is 2.61. The van der Waals surface area contributed by atoms with Crippen molar-refractivity contribution in [3.05, 3.63) is 30.3 Å². The fraction of sp³-hybridized carbons (Fsp3) is 0.500. The van der Waals surface area contributed by atoms with Crippen LogP contribution in [0.2, 0.25) is 0 Å². The minimum atomic E-state index is -0.968. The number of ether oxygens (including phenoxy) is 2. The summed E-state index contributed by atoms with van der Waals surface area (Å²) >= 11 is 0. The fourth-order valence-electron chi connectivity index (χ4n) is 0.895. The Hall–Kier alpha value is -1.55. The smallest absolute Gasteiger partial charge is 0.329 e. The molecule has 0 fully saturated rings. The maximum atomic E-state index is 10.1. The third kappa shape index (κ3) is 12.5. The van der Waals surface area contributed by atoms with Crippen LogP contribution in [0.3, 0.4) is 0 Å². The summed E-state index contributed by atoms with van der Waals surface area (Å²) in [5, 5.41) is 8.26. The minimum Gasteiger partial charge on any atom is -0.491 e. The SMILES string of the molecule is C.C.CC.O=C(O)COCCOc1ccccc1. The van der Waals surface area contributed by atoms with Crippen molar-refractivity contribution >= 4 is 5.97 Å². The lowest BCUT2D eigenvalue weighted by Gasteiger charge is -2.05. The zero-order chi connectivity index (χ0) is 12.2. The maximum absolute atomic E-state index is 10.1. The molecule has 4 nitrogen and oxygen atoms in total. The van der Waals surface area contributed by atoms with E-state index in [1.807, 2.05) is 44.2 Å². The molecule has 0 bridgehead atoms. The predicted octanol–water partition coefficient (Wildman–Crippen LogP) is 3.47. The van der Waals surface area contributed by atoms with Crippen molar-refractivity contribution < 1.29 is 19.4 Å². The van der Waals surface area contributed by atoms with Gasteiger partial charge in [-0.25, -0.2) is 4.79 Å². The van der Waals surface area contributed by atoms with Gasteiger partial charge in [0.25, 0.3) is 0 Å². The molecule has 0 aliphatic heterocycles. The first-order chi connectivity index (χ1) is 7.79. The highest BCUT2D eigenvalue weighted by molar-refractivity contribution is 5.67. The van der Waals surface area contributed by atoms with Gasteiger partial charge in [0, 0.05) is 0 Å². The molecular weight excluding hydrogens is 232 g/mol. The van der Waals surface area contributed by atoms with Crippen LogP contribution >= 0.6 is 0 Å². The molecule has 0 unspecified atom stereocenters. The first-order valence-electron chi connectivity index (χ1n) is 5.26. The quantitative estimate of drug-likeness (QED) is 0.794. The van der Waals surface area contributed by atoms with E-state index in [9.17, 15) is 4.79 Å². The molecule has 1 aromatic rings. The molecule has 18 heavy (non-hydrogen) atoms. The van der Waals surface area contributed by atoms with Crippen LogP contribution in [0.1, 0.15) is 28.7 Å². The Morgan fingerprint density at radius 2 is 1.67 bits per heavy atom. The lowest BCUT2D eigenvalue weighted by Crippen LogP contribution is -2.12. The molecule has 0 aliphatic rings. The molecule has 106 valence electrons. The largest absolute Gasteiger partial charge is 0.491 e. The summed E-state index contributed by atoms with van der Waals surface area (Å²) < 4.78 is 10.1. The number of carboxylic acid groups (broad SMARTS) is 1. The Kier molecular flexibility index (Phi) is 18.6. The van der Waals surface area contributed by atoms with Gasteiger partial charge in [-0.2, -0.15) is 0 Å². The molecule has 0 aromatic heterocycles. The van der Waals surface area contributed by atoms with Crippen molar-refractivity contribution in [3.8, 4) is 5.75 Å². The van der Waals surface area contributed by atoms with E-state index in [0.717, 1.165) is 5.75 Å². The summed E-state index contributed by atoms with van der Waals surface area (Å²) in [6, 6.07) is 9.29. The molecule has 0 heterocycles. The molecule has 0 amide bonds. The molecule has 0 radical (unpaired) electrons. The molecule has 0 atom stereocenters. The number of hydrogen-bond acceptors (Lipinski definition) is 3. The normalized spacial score (nSPS) is 7.89. The van der Waals surface area contributed by atoms with E-state index in [2.05, 4.69) is 0 Å². The first kappa shape index (κ1) is 21.7. The molecule has 0 saturated heterocycles. The van der Waals surface area contributed by atoms with E-state index in [1.54, 1.807) is 0 Å². The number of benzene rings is 1. The second-order valence-corrected chi connectivity index (χ2v) is 2.61. The number of carbonyl (C=O) groups is 1. The van der Waals surface area contributed by atoms with Crippen molar-refractivity contribution in [3.63, 3.8) is 0 Å². The third-order valence-corrected chi connectivity index (χ3v) is 1.47. The Morgan fingerprint density at radius 1 is 1.11 bits per heavy atom. The maximum Gasteiger partial charge on any atom is 0.329 e. The van der Waals surface area contributed by atoms with Gasteiger partial charge in [-0.3, -0.25) is 0 Å². The topological polar surface area (TPSA) is 55.8 Å². The van der Waals surface area contributed by atoms with Crippen LogP contribution in [0.25, 0.3) is 0 Å². The summed E-state index contributed by atoms with van der Waals surface area (Å²) in [5.41, 5.74) is 0. The highest BCUT2D eigenvalue weighted by Crippen LogP contribution is 2.07.